The molecule has 0 aliphatic rings. The van der Waals surface area contributed by atoms with Gasteiger partial charge in [-0.15, -0.1) is 0 Å². The number of rotatable bonds is 5. The quantitative estimate of drug-likeness (QED) is 0.914. The average Bonchev–Trinajstić information content (AvgIpc) is 2.46. The molecule has 0 radical (unpaired) electrons. The highest BCUT2D eigenvalue weighted by atomic mass is 19.1. The van der Waals surface area contributed by atoms with Gasteiger partial charge in [0, 0.05) is 24.8 Å². The number of methoxy groups -OCH3 is 1. The van der Waals surface area contributed by atoms with E-state index in [1.165, 1.54) is 12.1 Å². The largest absolute Gasteiger partial charge is 0.496 e. The summed E-state index contributed by atoms with van der Waals surface area (Å²) in [5.41, 5.74) is 2.48. The van der Waals surface area contributed by atoms with Gasteiger partial charge in [0.2, 0.25) is 0 Å². The third-order valence-corrected chi connectivity index (χ3v) is 3.40. The summed E-state index contributed by atoms with van der Waals surface area (Å²) >= 11 is 0. The van der Waals surface area contributed by atoms with Crippen molar-refractivity contribution >= 4 is 5.69 Å². The number of hydrogen-bond acceptors (Lipinski definition) is 3. The van der Waals surface area contributed by atoms with Crippen LogP contribution in [0.15, 0.2) is 42.5 Å². The van der Waals surface area contributed by atoms with Crippen LogP contribution < -0.4 is 9.64 Å². The standard InChI is InChI=1S/C17H20FNO2/c1-12(20)17-15(8-5-9-16(17)21-3)19(2)11-13-6-4-7-14(18)10-13/h4-10,12,20H,11H2,1-3H3. The predicted octanol–water partition coefficient (Wildman–Crippen LogP) is 3.52. The molecule has 2 rings (SSSR count). The van der Waals surface area contributed by atoms with E-state index in [0.717, 1.165) is 16.8 Å². The molecule has 1 N–H and O–H groups in total. The minimum absolute atomic E-state index is 0.248. The maximum Gasteiger partial charge on any atom is 0.126 e. The number of nitrogens with zero attached hydrogens (tertiary/aromatic N) is 1. The van der Waals surface area contributed by atoms with Gasteiger partial charge in [-0.05, 0) is 36.8 Å². The molecular formula is C17H20FNO2. The Morgan fingerprint density at radius 2 is 1.95 bits per heavy atom. The first-order chi connectivity index (χ1) is 10.0. The third kappa shape index (κ3) is 3.52. The van der Waals surface area contributed by atoms with Crippen LogP contribution in [-0.4, -0.2) is 19.3 Å². The summed E-state index contributed by atoms with van der Waals surface area (Å²) in [7, 11) is 3.49. The molecule has 21 heavy (non-hydrogen) atoms. The molecule has 3 nitrogen and oxygen atoms in total. The molecule has 2 aromatic rings. The van der Waals surface area contributed by atoms with Gasteiger partial charge < -0.3 is 14.7 Å². The molecule has 2 aromatic carbocycles. The highest BCUT2D eigenvalue weighted by Crippen LogP contribution is 2.34. The summed E-state index contributed by atoms with van der Waals surface area (Å²) in [6, 6.07) is 12.1. The molecule has 0 aliphatic heterocycles. The Kier molecular flexibility index (Phi) is 4.81. The Hall–Kier alpha value is -2.07. The van der Waals surface area contributed by atoms with Crippen molar-refractivity contribution < 1.29 is 14.2 Å². The summed E-state index contributed by atoms with van der Waals surface area (Å²) in [6.45, 7) is 2.25. The van der Waals surface area contributed by atoms with Crippen molar-refractivity contribution in [1.29, 1.82) is 0 Å². The zero-order valence-electron chi connectivity index (χ0n) is 12.5. The Morgan fingerprint density at radius 3 is 2.57 bits per heavy atom. The lowest BCUT2D eigenvalue weighted by molar-refractivity contribution is 0.194. The van der Waals surface area contributed by atoms with E-state index in [2.05, 4.69) is 0 Å². The van der Waals surface area contributed by atoms with Gasteiger partial charge in [-0.25, -0.2) is 4.39 Å². The molecule has 0 spiro atoms. The van der Waals surface area contributed by atoms with Crippen molar-refractivity contribution in [2.24, 2.45) is 0 Å². The highest BCUT2D eigenvalue weighted by Gasteiger charge is 2.17. The van der Waals surface area contributed by atoms with Crippen LogP contribution in [0.25, 0.3) is 0 Å². The second-order valence-electron chi connectivity index (χ2n) is 5.06. The molecule has 0 bridgehead atoms. The van der Waals surface area contributed by atoms with Crippen LogP contribution in [0.5, 0.6) is 5.75 Å². The van der Waals surface area contributed by atoms with E-state index in [0.29, 0.717) is 12.3 Å². The number of anilines is 1. The second kappa shape index (κ2) is 6.59. The molecule has 0 aromatic heterocycles. The lowest BCUT2D eigenvalue weighted by Crippen LogP contribution is -2.19. The first-order valence-electron chi connectivity index (χ1n) is 6.83. The average molecular weight is 289 g/mol. The van der Waals surface area contributed by atoms with Crippen LogP contribution in [0.2, 0.25) is 0 Å². The Bertz CT molecular complexity index is 613. The van der Waals surface area contributed by atoms with Crippen LogP contribution >= 0.6 is 0 Å². The fraction of sp³-hybridized carbons (Fsp3) is 0.294. The zero-order valence-corrected chi connectivity index (χ0v) is 12.5. The Labute approximate surface area is 124 Å². The van der Waals surface area contributed by atoms with Crippen molar-refractivity contribution in [1.82, 2.24) is 0 Å². The van der Waals surface area contributed by atoms with E-state index >= 15 is 0 Å². The molecule has 0 saturated carbocycles. The van der Waals surface area contributed by atoms with Crippen molar-refractivity contribution in [3.05, 3.63) is 59.4 Å². The molecular weight excluding hydrogens is 269 g/mol. The van der Waals surface area contributed by atoms with Gasteiger partial charge in [-0.1, -0.05) is 18.2 Å². The first kappa shape index (κ1) is 15.3. The number of aliphatic hydroxyl groups excluding tert-OH is 1. The van der Waals surface area contributed by atoms with Gasteiger partial charge in [-0.3, -0.25) is 0 Å². The van der Waals surface area contributed by atoms with Crippen molar-refractivity contribution in [2.75, 3.05) is 19.1 Å². The maximum absolute atomic E-state index is 13.3. The first-order valence-corrected chi connectivity index (χ1v) is 6.83. The summed E-state index contributed by atoms with van der Waals surface area (Å²) in [5, 5.41) is 10.0. The molecule has 4 heteroatoms. The summed E-state index contributed by atoms with van der Waals surface area (Å²) < 4.78 is 18.6. The molecule has 0 heterocycles. The SMILES string of the molecule is COc1cccc(N(C)Cc2cccc(F)c2)c1C(C)O. The molecule has 0 fully saturated rings. The van der Waals surface area contributed by atoms with Crippen LogP contribution in [0.1, 0.15) is 24.2 Å². The van der Waals surface area contributed by atoms with E-state index in [9.17, 15) is 9.50 Å². The molecule has 112 valence electrons. The molecule has 0 saturated heterocycles. The van der Waals surface area contributed by atoms with Gasteiger partial charge in [-0.2, -0.15) is 0 Å². The predicted molar refractivity (Wildman–Crippen MR) is 82.1 cm³/mol. The molecule has 0 amide bonds. The van der Waals surface area contributed by atoms with E-state index in [1.807, 2.05) is 36.2 Å². The minimum Gasteiger partial charge on any atom is -0.496 e. The van der Waals surface area contributed by atoms with Gasteiger partial charge >= 0.3 is 0 Å². The molecule has 1 unspecified atom stereocenters. The number of benzene rings is 2. The van der Waals surface area contributed by atoms with Crippen molar-refractivity contribution in [3.8, 4) is 5.75 Å². The number of ether oxygens (including phenoxy) is 1. The third-order valence-electron chi connectivity index (χ3n) is 3.40. The normalized spacial score (nSPS) is 12.0. The van der Waals surface area contributed by atoms with Gasteiger partial charge in [0.1, 0.15) is 11.6 Å². The van der Waals surface area contributed by atoms with Crippen molar-refractivity contribution in [3.63, 3.8) is 0 Å². The summed E-state index contributed by atoms with van der Waals surface area (Å²) in [5.74, 6) is 0.399. The number of aliphatic hydroxyl groups is 1. The van der Waals surface area contributed by atoms with E-state index < -0.39 is 6.10 Å². The Balaban J connectivity index is 2.32. The summed E-state index contributed by atoms with van der Waals surface area (Å²) in [6.07, 6.45) is -0.647. The minimum atomic E-state index is -0.647. The number of hydrogen-bond donors (Lipinski definition) is 1. The monoisotopic (exact) mass is 289 g/mol. The maximum atomic E-state index is 13.3. The van der Waals surface area contributed by atoms with Crippen LogP contribution in [0, 0.1) is 5.82 Å². The fourth-order valence-electron chi connectivity index (χ4n) is 2.46. The van der Waals surface area contributed by atoms with E-state index in [1.54, 1.807) is 20.1 Å². The Morgan fingerprint density at radius 1 is 1.24 bits per heavy atom. The number of halogens is 1. The topological polar surface area (TPSA) is 32.7 Å². The second-order valence-corrected chi connectivity index (χ2v) is 5.06. The smallest absolute Gasteiger partial charge is 0.126 e. The molecule has 0 aliphatic carbocycles. The summed E-state index contributed by atoms with van der Waals surface area (Å²) in [4.78, 5) is 1.97. The van der Waals surface area contributed by atoms with E-state index in [4.69, 9.17) is 4.74 Å². The zero-order chi connectivity index (χ0) is 15.4. The van der Waals surface area contributed by atoms with E-state index in [-0.39, 0.29) is 5.82 Å². The lowest BCUT2D eigenvalue weighted by atomic mass is 10.1. The van der Waals surface area contributed by atoms with Crippen LogP contribution in [0.4, 0.5) is 10.1 Å². The van der Waals surface area contributed by atoms with Gasteiger partial charge in [0.15, 0.2) is 0 Å². The van der Waals surface area contributed by atoms with Gasteiger partial charge in [0.25, 0.3) is 0 Å². The fourth-order valence-corrected chi connectivity index (χ4v) is 2.46. The molecule has 1 atom stereocenters. The van der Waals surface area contributed by atoms with Crippen molar-refractivity contribution in [2.45, 2.75) is 19.6 Å². The highest BCUT2D eigenvalue weighted by molar-refractivity contribution is 5.60. The van der Waals surface area contributed by atoms with Gasteiger partial charge in [0.05, 0.1) is 13.2 Å². The lowest BCUT2D eigenvalue weighted by Gasteiger charge is -2.25. The van der Waals surface area contributed by atoms with Crippen LogP contribution in [-0.2, 0) is 6.54 Å². The van der Waals surface area contributed by atoms with Crippen LogP contribution in [0.3, 0.4) is 0 Å².